The third-order valence-electron chi connectivity index (χ3n) is 3.35. The average molecular weight is 396 g/mol. The molecule has 0 spiro atoms. The molecule has 2 rings (SSSR count). The Morgan fingerprint density at radius 3 is 2.69 bits per heavy atom. The first-order valence-corrected chi connectivity index (χ1v) is 10.5. The molecule has 140 valence electrons. The standard InChI is InChI=1S/C18H21NO5S2/c20-18(21)10-9-16-7-8-17(25-16)13-19-26(22,23)12-4-11-24-14-15-5-2-1-3-6-15/h1-3,5-10,19H,4,11-14H2,(H,20,21)/b10-9+. The minimum Gasteiger partial charge on any atom is -0.478 e. The maximum atomic E-state index is 12.0. The second kappa shape index (κ2) is 10.2. The number of ether oxygens (including phenoxy) is 1. The summed E-state index contributed by atoms with van der Waals surface area (Å²) < 4.78 is 32.0. The Bertz CT molecular complexity index is 828. The summed E-state index contributed by atoms with van der Waals surface area (Å²) >= 11 is 1.34. The number of carbonyl (C=O) groups is 1. The van der Waals surface area contributed by atoms with E-state index in [4.69, 9.17) is 9.84 Å². The predicted molar refractivity (Wildman–Crippen MR) is 102 cm³/mol. The average Bonchev–Trinajstić information content (AvgIpc) is 3.07. The normalized spacial score (nSPS) is 11.8. The number of carboxylic acids is 1. The SMILES string of the molecule is O=C(O)/C=C/c1ccc(CNS(=O)(=O)CCCOCc2ccccc2)s1. The van der Waals surface area contributed by atoms with Crippen molar-refractivity contribution in [1.29, 1.82) is 0 Å². The number of carboxylic acid groups (broad SMARTS) is 1. The van der Waals surface area contributed by atoms with Crippen LogP contribution in [0.25, 0.3) is 6.08 Å². The Morgan fingerprint density at radius 1 is 1.19 bits per heavy atom. The lowest BCUT2D eigenvalue weighted by molar-refractivity contribution is -0.131. The van der Waals surface area contributed by atoms with Gasteiger partial charge in [-0.05, 0) is 30.2 Å². The zero-order valence-electron chi connectivity index (χ0n) is 14.1. The van der Waals surface area contributed by atoms with Crippen molar-refractivity contribution in [2.45, 2.75) is 19.6 Å². The molecule has 8 heteroatoms. The van der Waals surface area contributed by atoms with E-state index in [1.54, 1.807) is 12.1 Å². The maximum Gasteiger partial charge on any atom is 0.328 e. The summed E-state index contributed by atoms with van der Waals surface area (Å²) in [5.41, 5.74) is 1.05. The summed E-state index contributed by atoms with van der Waals surface area (Å²) in [6.45, 7) is 1.04. The highest BCUT2D eigenvalue weighted by atomic mass is 32.2. The van der Waals surface area contributed by atoms with E-state index in [9.17, 15) is 13.2 Å². The summed E-state index contributed by atoms with van der Waals surface area (Å²) in [6.07, 6.45) is 2.95. The molecule has 0 atom stereocenters. The number of hydrogen-bond acceptors (Lipinski definition) is 5. The van der Waals surface area contributed by atoms with Crippen LogP contribution in [0.2, 0.25) is 0 Å². The Morgan fingerprint density at radius 2 is 1.96 bits per heavy atom. The Balaban J connectivity index is 1.67. The van der Waals surface area contributed by atoms with Crippen molar-refractivity contribution in [3.05, 3.63) is 63.9 Å². The van der Waals surface area contributed by atoms with E-state index in [2.05, 4.69) is 4.72 Å². The van der Waals surface area contributed by atoms with Crippen molar-refractivity contribution in [3.8, 4) is 0 Å². The Labute approximate surface area is 157 Å². The minimum absolute atomic E-state index is 0.00105. The molecule has 0 aliphatic rings. The zero-order valence-corrected chi connectivity index (χ0v) is 15.8. The third kappa shape index (κ3) is 7.92. The van der Waals surface area contributed by atoms with E-state index in [0.717, 1.165) is 21.4 Å². The fourth-order valence-electron chi connectivity index (χ4n) is 2.10. The van der Waals surface area contributed by atoms with Gasteiger partial charge in [-0.15, -0.1) is 11.3 Å². The summed E-state index contributed by atoms with van der Waals surface area (Å²) in [6, 6.07) is 13.2. The van der Waals surface area contributed by atoms with E-state index in [1.807, 2.05) is 30.3 Å². The zero-order chi connectivity index (χ0) is 18.8. The van der Waals surface area contributed by atoms with Crippen LogP contribution in [0.5, 0.6) is 0 Å². The van der Waals surface area contributed by atoms with Crippen LogP contribution >= 0.6 is 11.3 Å². The number of thiophene rings is 1. The van der Waals surface area contributed by atoms with Crippen LogP contribution < -0.4 is 4.72 Å². The third-order valence-corrected chi connectivity index (χ3v) is 5.81. The van der Waals surface area contributed by atoms with Gasteiger partial charge in [-0.3, -0.25) is 0 Å². The number of benzene rings is 1. The summed E-state index contributed by atoms with van der Waals surface area (Å²) in [5, 5.41) is 8.59. The fourth-order valence-corrected chi connectivity index (χ4v) is 4.07. The van der Waals surface area contributed by atoms with E-state index in [-0.39, 0.29) is 12.3 Å². The molecule has 1 aromatic carbocycles. The highest BCUT2D eigenvalue weighted by Crippen LogP contribution is 2.18. The van der Waals surface area contributed by atoms with Crippen molar-refractivity contribution in [2.75, 3.05) is 12.4 Å². The van der Waals surface area contributed by atoms with Gasteiger partial charge in [0.15, 0.2) is 0 Å². The Kier molecular flexibility index (Phi) is 7.99. The van der Waals surface area contributed by atoms with Gasteiger partial charge in [0.1, 0.15) is 0 Å². The fraction of sp³-hybridized carbons (Fsp3) is 0.278. The molecule has 0 radical (unpaired) electrons. The van der Waals surface area contributed by atoms with Gasteiger partial charge in [0.2, 0.25) is 10.0 Å². The summed E-state index contributed by atoms with van der Waals surface area (Å²) in [4.78, 5) is 12.1. The van der Waals surface area contributed by atoms with Crippen molar-refractivity contribution in [2.24, 2.45) is 0 Å². The molecule has 0 amide bonds. The molecule has 26 heavy (non-hydrogen) atoms. The van der Waals surface area contributed by atoms with Crippen LogP contribution in [-0.2, 0) is 32.7 Å². The molecule has 0 aliphatic heterocycles. The molecule has 0 saturated heterocycles. The molecule has 0 aliphatic carbocycles. The molecule has 6 nitrogen and oxygen atoms in total. The first-order chi connectivity index (χ1) is 12.4. The molecule has 0 fully saturated rings. The van der Waals surface area contributed by atoms with Crippen molar-refractivity contribution in [1.82, 2.24) is 4.72 Å². The van der Waals surface area contributed by atoms with E-state index >= 15 is 0 Å². The Hall–Kier alpha value is -2.00. The van der Waals surface area contributed by atoms with Crippen molar-refractivity contribution < 1.29 is 23.1 Å². The summed E-state index contributed by atoms with van der Waals surface area (Å²) in [7, 11) is -3.38. The molecule has 1 aromatic heterocycles. The lowest BCUT2D eigenvalue weighted by Crippen LogP contribution is -2.26. The van der Waals surface area contributed by atoms with Crippen LogP contribution in [0.4, 0.5) is 0 Å². The van der Waals surface area contributed by atoms with Crippen molar-refractivity contribution >= 4 is 33.4 Å². The van der Waals surface area contributed by atoms with Gasteiger partial charge < -0.3 is 9.84 Å². The van der Waals surface area contributed by atoms with Gasteiger partial charge in [-0.25, -0.2) is 17.9 Å². The van der Waals surface area contributed by atoms with Crippen molar-refractivity contribution in [3.63, 3.8) is 0 Å². The molecule has 0 bridgehead atoms. The highest BCUT2D eigenvalue weighted by Gasteiger charge is 2.10. The summed E-state index contributed by atoms with van der Waals surface area (Å²) in [5.74, 6) is -1.02. The second-order valence-electron chi connectivity index (χ2n) is 5.51. The van der Waals surface area contributed by atoms with E-state index in [0.29, 0.717) is 19.6 Å². The topological polar surface area (TPSA) is 92.7 Å². The molecule has 0 unspecified atom stereocenters. The van der Waals surface area contributed by atoms with Gasteiger partial charge >= 0.3 is 5.97 Å². The van der Waals surface area contributed by atoms with E-state index < -0.39 is 16.0 Å². The van der Waals surface area contributed by atoms with Gasteiger partial charge in [0, 0.05) is 29.0 Å². The van der Waals surface area contributed by atoms with Gasteiger partial charge in [-0.1, -0.05) is 30.3 Å². The molecule has 0 saturated carbocycles. The molecular weight excluding hydrogens is 374 g/mol. The van der Waals surface area contributed by atoms with Crippen LogP contribution in [0.3, 0.4) is 0 Å². The minimum atomic E-state index is -3.38. The molecule has 2 aromatic rings. The van der Waals surface area contributed by atoms with Crippen LogP contribution in [0.1, 0.15) is 21.7 Å². The second-order valence-corrected chi connectivity index (χ2v) is 8.63. The van der Waals surface area contributed by atoms with Gasteiger partial charge in [-0.2, -0.15) is 0 Å². The van der Waals surface area contributed by atoms with Crippen LogP contribution in [0.15, 0.2) is 48.5 Å². The predicted octanol–water partition coefficient (Wildman–Crippen LogP) is 2.87. The lowest BCUT2D eigenvalue weighted by atomic mass is 10.2. The maximum absolute atomic E-state index is 12.0. The number of rotatable bonds is 11. The highest BCUT2D eigenvalue weighted by molar-refractivity contribution is 7.89. The first kappa shape index (κ1) is 20.3. The van der Waals surface area contributed by atoms with E-state index in [1.165, 1.54) is 17.4 Å². The van der Waals surface area contributed by atoms with Crippen LogP contribution in [-0.4, -0.2) is 31.9 Å². The number of hydrogen-bond donors (Lipinski definition) is 2. The largest absolute Gasteiger partial charge is 0.478 e. The quantitative estimate of drug-likeness (QED) is 0.451. The smallest absolute Gasteiger partial charge is 0.328 e. The monoisotopic (exact) mass is 395 g/mol. The number of nitrogens with one attached hydrogen (secondary N) is 1. The number of aliphatic carboxylic acids is 1. The van der Waals surface area contributed by atoms with Gasteiger partial charge in [0.05, 0.1) is 12.4 Å². The first-order valence-electron chi connectivity index (χ1n) is 8.03. The number of sulfonamides is 1. The van der Waals surface area contributed by atoms with Crippen LogP contribution in [0, 0.1) is 0 Å². The lowest BCUT2D eigenvalue weighted by Gasteiger charge is -2.07. The molecular formula is C18H21NO5S2. The molecule has 2 N–H and O–H groups in total. The van der Waals surface area contributed by atoms with Gasteiger partial charge in [0.25, 0.3) is 0 Å². The molecule has 1 heterocycles.